The molecule has 0 aliphatic rings. The highest BCUT2D eigenvalue weighted by atomic mass is 16.7. The van der Waals surface area contributed by atoms with Crippen molar-refractivity contribution in [2.75, 3.05) is 7.11 Å². The van der Waals surface area contributed by atoms with E-state index in [4.69, 9.17) is 9.47 Å². The van der Waals surface area contributed by atoms with Gasteiger partial charge in [0.2, 0.25) is 6.29 Å². The van der Waals surface area contributed by atoms with E-state index >= 15 is 0 Å². The van der Waals surface area contributed by atoms with Crippen LogP contribution in [0.25, 0.3) is 0 Å². The first-order chi connectivity index (χ1) is 5.06. The molecule has 0 rings (SSSR count). The molecule has 3 heteroatoms. The summed E-state index contributed by atoms with van der Waals surface area (Å²) in [6.45, 7) is 5.48. The minimum Gasteiger partial charge on any atom is -0.436 e. The van der Waals surface area contributed by atoms with Crippen LogP contribution in [0.4, 0.5) is 0 Å². The molecule has 0 bridgehead atoms. The molecule has 0 N–H and O–H groups in total. The third-order valence-corrected chi connectivity index (χ3v) is 1.22. The van der Waals surface area contributed by atoms with Gasteiger partial charge in [-0.15, -0.1) is 0 Å². The molecule has 0 aromatic rings. The molecular formula is C8H16O3. The fourth-order valence-corrected chi connectivity index (χ4v) is 0.762. The molecule has 0 aromatic heterocycles. The first kappa shape index (κ1) is 10.4. The van der Waals surface area contributed by atoms with Crippen LogP contribution >= 0.6 is 0 Å². The Morgan fingerprint density at radius 2 is 2.00 bits per heavy atom. The zero-order chi connectivity index (χ0) is 8.85. The van der Waals surface area contributed by atoms with Gasteiger partial charge >= 0.3 is 5.97 Å². The van der Waals surface area contributed by atoms with Gasteiger partial charge in [0.1, 0.15) is 0 Å². The van der Waals surface area contributed by atoms with Crippen LogP contribution in [-0.2, 0) is 14.3 Å². The van der Waals surface area contributed by atoms with Gasteiger partial charge in [-0.3, -0.25) is 4.79 Å². The average molecular weight is 160 g/mol. The van der Waals surface area contributed by atoms with E-state index in [2.05, 4.69) is 13.8 Å². The first-order valence-corrected chi connectivity index (χ1v) is 3.76. The van der Waals surface area contributed by atoms with Gasteiger partial charge in [-0.05, 0) is 5.92 Å². The molecule has 0 amide bonds. The first-order valence-electron chi connectivity index (χ1n) is 3.76. The topological polar surface area (TPSA) is 35.5 Å². The maximum atomic E-state index is 10.5. The smallest absolute Gasteiger partial charge is 0.304 e. The highest BCUT2D eigenvalue weighted by Crippen LogP contribution is 2.08. The van der Waals surface area contributed by atoms with Crippen LogP contribution in [-0.4, -0.2) is 19.4 Å². The lowest BCUT2D eigenvalue weighted by Crippen LogP contribution is -2.20. The van der Waals surface area contributed by atoms with Crippen LogP contribution in [0.15, 0.2) is 0 Å². The average Bonchev–Trinajstić information content (AvgIpc) is 1.84. The minimum atomic E-state index is -0.382. The Balaban J connectivity index is 3.66. The molecule has 66 valence electrons. The Hall–Kier alpha value is -0.570. The molecular weight excluding hydrogens is 144 g/mol. The molecule has 0 heterocycles. The summed E-state index contributed by atoms with van der Waals surface area (Å²) in [6, 6.07) is 0. The summed E-state index contributed by atoms with van der Waals surface area (Å²) >= 11 is 0. The van der Waals surface area contributed by atoms with E-state index in [0.29, 0.717) is 5.92 Å². The molecule has 0 saturated carbocycles. The van der Waals surface area contributed by atoms with Gasteiger partial charge in [-0.2, -0.15) is 0 Å². The van der Waals surface area contributed by atoms with Gasteiger partial charge in [-0.25, -0.2) is 0 Å². The predicted molar refractivity (Wildman–Crippen MR) is 42.0 cm³/mol. The standard InChI is InChI=1S/C8H16O3/c1-6(2)5-8(10-4)11-7(3)9/h6,8H,5H2,1-4H3. The van der Waals surface area contributed by atoms with Gasteiger partial charge in [0.05, 0.1) is 0 Å². The van der Waals surface area contributed by atoms with Crippen molar-refractivity contribution in [3.63, 3.8) is 0 Å². The monoisotopic (exact) mass is 160 g/mol. The van der Waals surface area contributed by atoms with Crippen molar-refractivity contribution in [2.24, 2.45) is 5.92 Å². The fraction of sp³-hybridized carbons (Fsp3) is 0.875. The van der Waals surface area contributed by atoms with Crippen LogP contribution in [0.1, 0.15) is 27.2 Å². The maximum Gasteiger partial charge on any atom is 0.304 e. The lowest BCUT2D eigenvalue weighted by Gasteiger charge is -2.16. The number of methoxy groups -OCH3 is 1. The summed E-state index contributed by atoms with van der Waals surface area (Å²) in [6.07, 6.45) is 0.364. The maximum absolute atomic E-state index is 10.5. The Labute approximate surface area is 67.7 Å². The molecule has 0 aliphatic carbocycles. The minimum absolute atomic E-state index is 0.294. The second kappa shape index (κ2) is 5.13. The number of ether oxygens (including phenoxy) is 2. The lowest BCUT2D eigenvalue weighted by molar-refractivity contribution is -0.173. The van der Waals surface area contributed by atoms with E-state index in [1.807, 2.05) is 0 Å². The van der Waals surface area contributed by atoms with Gasteiger partial charge in [-0.1, -0.05) is 13.8 Å². The normalized spacial score (nSPS) is 13.2. The predicted octanol–water partition coefficient (Wildman–Crippen LogP) is 1.57. The molecule has 11 heavy (non-hydrogen) atoms. The summed E-state index contributed by atoms with van der Waals surface area (Å²) < 4.78 is 9.78. The Bertz CT molecular complexity index is 121. The van der Waals surface area contributed by atoms with Crippen molar-refractivity contribution in [1.82, 2.24) is 0 Å². The van der Waals surface area contributed by atoms with Gasteiger partial charge in [0, 0.05) is 20.5 Å². The molecule has 0 aliphatic heterocycles. The summed E-state index contributed by atoms with van der Waals surface area (Å²) in [5.74, 6) is 0.178. The van der Waals surface area contributed by atoms with E-state index in [1.165, 1.54) is 14.0 Å². The summed E-state index contributed by atoms with van der Waals surface area (Å²) in [7, 11) is 1.54. The summed E-state index contributed by atoms with van der Waals surface area (Å²) in [4.78, 5) is 10.5. The SMILES string of the molecule is COC(CC(C)C)OC(C)=O. The van der Waals surface area contributed by atoms with Crippen molar-refractivity contribution < 1.29 is 14.3 Å². The van der Waals surface area contributed by atoms with E-state index in [1.54, 1.807) is 0 Å². The van der Waals surface area contributed by atoms with Crippen molar-refractivity contribution in [2.45, 2.75) is 33.5 Å². The van der Waals surface area contributed by atoms with Crippen LogP contribution in [0, 0.1) is 5.92 Å². The molecule has 1 atom stereocenters. The number of carbonyl (C=O) groups excluding carboxylic acids is 1. The van der Waals surface area contributed by atoms with Crippen LogP contribution in [0.3, 0.4) is 0 Å². The van der Waals surface area contributed by atoms with Crippen molar-refractivity contribution in [3.8, 4) is 0 Å². The van der Waals surface area contributed by atoms with E-state index in [9.17, 15) is 4.79 Å². The lowest BCUT2D eigenvalue weighted by atomic mass is 10.1. The molecule has 0 radical (unpaired) electrons. The van der Waals surface area contributed by atoms with E-state index in [0.717, 1.165) is 6.42 Å². The number of esters is 1. The largest absolute Gasteiger partial charge is 0.436 e. The van der Waals surface area contributed by atoms with E-state index in [-0.39, 0.29) is 12.3 Å². The van der Waals surface area contributed by atoms with Crippen LogP contribution < -0.4 is 0 Å². The molecule has 1 unspecified atom stereocenters. The van der Waals surface area contributed by atoms with Gasteiger partial charge < -0.3 is 9.47 Å². The quantitative estimate of drug-likeness (QED) is 0.462. The van der Waals surface area contributed by atoms with Crippen LogP contribution in [0.5, 0.6) is 0 Å². The van der Waals surface area contributed by atoms with Crippen molar-refractivity contribution in [3.05, 3.63) is 0 Å². The molecule has 3 nitrogen and oxygen atoms in total. The summed E-state index contributed by atoms with van der Waals surface area (Å²) in [5.41, 5.74) is 0. The van der Waals surface area contributed by atoms with Crippen molar-refractivity contribution >= 4 is 5.97 Å². The molecule has 0 aromatic carbocycles. The fourth-order valence-electron chi connectivity index (χ4n) is 0.762. The third-order valence-electron chi connectivity index (χ3n) is 1.22. The number of hydrogen-bond acceptors (Lipinski definition) is 3. The molecule has 0 saturated heterocycles. The van der Waals surface area contributed by atoms with Gasteiger partial charge in [0.15, 0.2) is 0 Å². The molecule has 0 spiro atoms. The second-order valence-electron chi connectivity index (χ2n) is 2.90. The zero-order valence-corrected chi connectivity index (χ0v) is 7.59. The Morgan fingerprint density at radius 1 is 1.45 bits per heavy atom. The highest BCUT2D eigenvalue weighted by Gasteiger charge is 2.11. The number of hydrogen-bond donors (Lipinski definition) is 0. The highest BCUT2D eigenvalue weighted by molar-refractivity contribution is 5.66. The number of carbonyl (C=O) groups is 1. The Kier molecular flexibility index (Phi) is 4.86. The van der Waals surface area contributed by atoms with Crippen molar-refractivity contribution in [1.29, 1.82) is 0 Å². The number of rotatable bonds is 4. The third kappa shape index (κ3) is 5.85. The van der Waals surface area contributed by atoms with Crippen LogP contribution in [0.2, 0.25) is 0 Å². The van der Waals surface area contributed by atoms with E-state index < -0.39 is 0 Å². The van der Waals surface area contributed by atoms with Gasteiger partial charge in [0.25, 0.3) is 0 Å². The summed E-state index contributed by atoms with van der Waals surface area (Å²) in [5, 5.41) is 0. The zero-order valence-electron chi connectivity index (χ0n) is 7.59. The Morgan fingerprint density at radius 3 is 2.27 bits per heavy atom. The second-order valence-corrected chi connectivity index (χ2v) is 2.90. The molecule has 0 fully saturated rings.